The summed E-state index contributed by atoms with van der Waals surface area (Å²) in [6, 6.07) is 22.4. The van der Waals surface area contributed by atoms with Crippen LogP contribution in [0.1, 0.15) is 40.3 Å². The molecule has 0 bridgehead atoms. The third kappa shape index (κ3) is 3.94. The predicted molar refractivity (Wildman–Crippen MR) is 147 cm³/mol. The molecule has 3 heterocycles. The molecule has 0 aliphatic carbocycles. The number of rotatable bonds is 4. The molecule has 1 fully saturated rings. The second-order valence-electron chi connectivity index (χ2n) is 8.54. The predicted octanol–water partition coefficient (Wildman–Crippen LogP) is 7.39. The molecule has 1 aliphatic rings. The van der Waals surface area contributed by atoms with E-state index in [1.165, 1.54) is 5.56 Å². The summed E-state index contributed by atoms with van der Waals surface area (Å²) in [5.74, 6) is 0. The van der Waals surface area contributed by atoms with E-state index in [0.29, 0.717) is 5.11 Å². The standard InChI is InChI=1S/C27H24BrClN4S/c1-16-14-19(11-12-21(16)28)33-26(25(31-27(33)34)23-9-6-7-13-30-23)20-15-17(2)32(18(20)3)24-10-5-4-8-22(24)29/h4-15,25-26H,1-3H3,(H,31,34)/t25-,26+/m0/s1. The van der Waals surface area contributed by atoms with Gasteiger partial charge in [0, 0.05) is 27.7 Å². The molecule has 0 radical (unpaired) electrons. The zero-order valence-corrected chi connectivity index (χ0v) is 22.2. The zero-order valence-electron chi connectivity index (χ0n) is 19.1. The Kier molecular flexibility index (Phi) is 6.23. The number of para-hydroxylation sites is 1. The van der Waals surface area contributed by atoms with Crippen LogP contribution in [0, 0.1) is 20.8 Å². The highest BCUT2D eigenvalue weighted by atomic mass is 79.9. The number of halogens is 2. The Morgan fingerprint density at radius 2 is 1.76 bits per heavy atom. The molecule has 4 nitrogen and oxygen atoms in total. The topological polar surface area (TPSA) is 33.1 Å². The van der Waals surface area contributed by atoms with Gasteiger partial charge in [-0.15, -0.1) is 0 Å². The summed E-state index contributed by atoms with van der Waals surface area (Å²) in [5.41, 5.74) is 7.55. The van der Waals surface area contributed by atoms with E-state index < -0.39 is 0 Å². The fourth-order valence-corrected chi connectivity index (χ4v) is 5.63. The molecule has 1 aliphatic heterocycles. The number of nitrogens with one attached hydrogen (secondary N) is 1. The summed E-state index contributed by atoms with van der Waals surface area (Å²) >= 11 is 16.1. The van der Waals surface area contributed by atoms with Crippen LogP contribution in [0.15, 0.2) is 77.4 Å². The number of aryl methyl sites for hydroxylation is 2. The van der Waals surface area contributed by atoms with Crippen molar-refractivity contribution in [2.45, 2.75) is 32.9 Å². The Labute approximate surface area is 218 Å². The Hall–Kier alpha value is -2.67. The molecule has 34 heavy (non-hydrogen) atoms. The van der Waals surface area contributed by atoms with Crippen LogP contribution >= 0.6 is 39.7 Å². The van der Waals surface area contributed by atoms with Crippen LogP contribution in [0.4, 0.5) is 5.69 Å². The first-order valence-corrected chi connectivity index (χ1v) is 12.7. The van der Waals surface area contributed by atoms with Crippen molar-refractivity contribution in [1.29, 1.82) is 0 Å². The normalized spacial score (nSPS) is 17.8. The molecule has 1 saturated heterocycles. The monoisotopic (exact) mass is 550 g/mol. The lowest BCUT2D eigenvalue weighted by Gasteiger charge is -2.28. The van der Waals surface area contributed by atoms with E-state index in [9.17, 15) is 0 Å². The fraction of sp³-hybridized carbons (Fsp3) is 0.185. The summed E-state index contributed by atoms with van der Waals surface area (Å²) in [7, 11) is 0. The van der Waals surface area contributed by atoms with Gasteiger partial charge in [-0.05, 0) is 92.6 Å². The smallest absolute Gasteiger partial charge is 0.174 e. The van der Waals surface area contributed by atoms with Crippen LogP contribution < -0.4 is 10.2 Å². The van der Waals surface area contributed by atoms with Crippen molar-refractivity contribution in [3.63, 3.8) is 0 Å². The Balaban J connectivity index is 1.70. The number of thiocarbonyl (C=S) groups is 1. The van der Waals surface area contributed by atoms with Gasteiger partial charge in [-0.3, -0.25) is 4.98 Å². The average Bonchev–Trinajstić information content (AvgIpc) is 3.32. The maximum Gasteiger partial charge on any atom is 0.174 e. The molecule has 0 spiro atoms. The van der Waals surface area contributed by atoms with Crippen molar-refractivity contribution in [3.05, 3.63) is 111 Å². The van der Waals surface area contributed by atoms with Gasteiger partial charge in [0.25, 0.3) is 0 Å². The van der Waals surface area contributed by atoms with Crippen molar-refractivity contribution in [2.24, 2.45) is 0 Å². The number of aromatic nitrogens is 2. The zero-order chi connectivity index (χ0) is 24.0. The van der Waals surface area contributed by atoms with Crippen molar-refractivity contribution in [2.75, 3.05) is 4.90 Å². The second kappa shape index (κ2) is 9.17. The number of nitrogens with zero attached hydrogens (tertiary/aromatic N) is 3. The summed E-state index contributed by atoms with van der Waals surface area (Å²) in [5, 5.41) is 4.96. The van der Waals surface area contributed by atoms with Gasteiger partial charge in [0.15, 0.2) is 5.11 Å². The number of pyridine rings is 1. The fourth-order valence-electron chi connectivity index (χ4n) is 4.82. The molecule has 0 unspecified atom stereocenters. The maximum atomic E-state index is 6.60. The molecule has 5 rings (SSSR count). The second-order valence-corrected chi connectivity index (χ2v) is 10.2. The molecule has 0 saturated carbocycles. The third-order valence-electron chi connectivity index (χ3n) is 6.40. The SMILES string of the molecule is Cc1cc(N2C(=S)N[C@@H](c3ccccn3)[C@H]2c2cc(C)n(-c3ccccc3Cl)c2C)ccc1Br. The van der Waals surface area contributed by atoms with E-state index >= 15 is 0 Å². The Morgan fingerprint density at radius 3 is 2.47 bits per heavy atom. The highest BCUT2D eigenvalue weighted by Crippen LogP contribution is 2.44. The molecule has 1 N–H and O–H groups in total. The number of anilines is 1. The van der Waals surface area contributed by atoms with E-state index in [-0.39, 0.29) is 12.1 Å². The van der Waals surface area contributed by atoms with E-state index in [2.05, 4.69) is 92.9 Å². The van der Waals surface area contributed by atoms with Crippen LogP contribution in [-0.2, 0) is 0 Å². The van der Waals surface area contributed by atoms with Crippen LogP contribution in [0.5, 0.6) is 0 Å². The van der Waals surface area contributed by atoms with Gasteiger partial charge in [0.05, 0.1) is 28.5 Å². The summed E-state index contributed by atoms with van der Waals surface area (Å²) in [6.07, 6.45) is 1.83. The van der Waals surface area contributed by atoms with Crippen molar-refractivity contribution >= 4 is 50.5 Å². The third-order valence-corrected chi connectivity index (χ3v) is 7.92. The van der Waals surface area contributed by atoms with Crippen molar-refractivity contribution < 1.29 is 0 Å². The van der Waals surface area contributed by atoms with Gasteiger partial charge in [-0.1, -0.05) is 45.7 Å². The lowest BCUT2D eigenvalue weighted by molar-refractivity contribution is 0.565. The van der Waals surface area contributed by atoms with Crippen LogP contribution in [0.25, 0.3) is 5.69 Å². The van der Waals surface area contributed by atoms with E-state index in [1.54, 1.807) is 0 Å². The van der Waals surface area contributed by atoms with E-state index in [4.69, 9.17) is 23.8 Å². The molecule has 2 aromatic carbocycles. The maximum absolute atomic E-state index is 6.60. The first kappa shape index (κ1) is 23.1. The quantitative estimate of drug-likeness (QED) is 0.268. The molecule has 2 aromatic heterocycles. The number of hydrogen-bond acceptors (Lipinski definition) is 2. The lowest BCUT2D eigenvalue weighted by atomic mass is 9.96. The molecular weight excluding hydrogens is 528 g/mol. The van der Waals surface area contributed by atoms with Crippen LogP contribution in [0.2, 0.25) is 5.02 Å². The van der Waals surface area contributed by atoms with E-state index in [0.717, 1.165) is 43.5 Å². The summed E-state index contributed by atoms with van der Waals surface area (Å²) < 4.78 is 3.29. The van der Waals surface area contributed by atoms with Crippen LogP contribution in [-0.4, -0.2) is 14.7 Å². The highest BCUT2D eigenvalue weighted by Gasteiger charge is 2.42. The van der Waals surface area contributed by atoms with Crippen molar-refractivity contribution in [1.82, 2.24) is 14.9 Å². The van der Waals surface area contributed by atoms with Gasteiger partial charge in [0.1, 0.15) is 0 Å². The minimum atomic E-state index is -0.0992. The molecule has 7 heteroatoms. The molecule has 0 amide bonds. The highest BCUT2D eigenvalue weighted by molar-refractivity contribution is 9.10. The van der Waals surface area contributed by atoms with E-state index in [1.807, 2.05) is 36.5 Å². The molecule has 4 aromatic rings. The van der Waals surface area contributed by atoms with Gasteiger partial charge in [-0.25, -0.2) is 0 Å². The minimum Gasteiger partial charge on any atom is -0.351 e. The lowest BCUT2D eigenvalue weighted by Crippen LogP contribution is -2.29. The van der Waals surface area contributed by atoms with Gasteiger partial charge < -0.3 is 14.8 Å². The molecular formula is C27H24BrClN4S. The Morgan fingerprint density at radius 1 is 1.00 bits per heavy atom. The van der Waals surface area contributed by atoms with Gasteiger partial charge >= 0.3 is 0 Å². The Bertz CT molecular complexity index is 1380. The summed E-state index contributed by atoms with van der Waals surface area (Å²) in [6.45, 7) is 6.35. The first-order valence-electron chi connectivity index (χ1n) is 11.1. The minimum absolute atomic E-state index is 0.0783. The average molecular weight is 552 g/mol. The number of hydrogen-bond donors (Lipinski definition) is 1. The van der Waals surface area contributed by atoms with Crippen molar-refractivity contribution in [3.8, 4) is 5.69 Å². The summed E-state index contributed by atoms with van der Waals surface area (Å²) in [4.78, 5) is 6.89. The first-order chi connectivity index (χ1) is 16.4. The van der Waals surface area contributed by atoms with Crippen LogP contribution in [0.3, 0.4) is 0 Å². The van der Waals surface area contributed by atoms with Gasteiger partial charge in [0.2, 0.25) is 0 Å². The molecule has 2 atom stereocenters. The number of benzene rings is 2. The van der Waals surface area contributed by atoms with Gasteiger partial charge in [-0.2, -0.15) is 0 Å². The largest absolute Gasteiger partial charge is 0.351 e. The molecule has 172 valence electrons.